The summed E-state index contributed by atoms with van der Waals surface area (Å²) in [6.07, 6.45) is 5.75. The van der Waals surface area contributed by atoms with Crippen LogP contribution in [0.25, 0.3) is 0 Å². The van der Waals surface area contributed by atoms with Crippen molar-refractivity contribution in [3.63, 3.8) is 0 Å². The third-order valence-electron chi connectivity index (χ3n) is 3.35. The highest BCUT2D eigenvalue weighted by Crippen LogP contribution is 2.24. The molecule has 1 aromatic heterocycles. The molecule has 0 aliphatic carbocycles. The van der Waals surface area contributed by atoms with Crippen LogP contribution < -0.4 is 16.4 Å². The van der Waals surface area contributed by atoms with Crippen molar-refractivity contribution in [1.82, 2.24) is 9.97 Å². The van der Waals surface area contributed by atoms with Gasteiger partial charge < -0.3 is 16.4 Å². The van der Waals surface area contributed by atoms with Gasteiger partial charge in [0.05, 0.1) is 5.69 Å². The summed E-state index contributed by atoms with van der Waals surface area (Å²) >= 11 is 0. The minimum absolute atomic E-state index is 0.212. The third-order valence-corrected chi connectivity index (χ3v) is 3.35. The molecule has 0 bridgehead atoms. The Morgan fingerprint density at radius 1 is 1.33 bits per heavy atom. The number of nitrogens with zero attached hydrogens (tertiary/aromatic N) is 3. The van der Waals surface area contributed by atoms with E-state index in [1.165, 1.54) is 0 Å². The first-order valence-electron chi connectivity index (χ1n) is 6.24. The highest BCUT2D eigenvalue weighted by molar-refractivity contribution is 5.74. The summed E-state index contributed by atoms with van der Waals surface area (Å²) in [5.74, 6) is 1.06. The molecule has 1 saturated heterocycles. The van der Waals surface area contributed by atoms with E-state index in [2.05, 4.69) is 14.9 Å². The van der Waals surface area contributed by atoms with Gasteiger partial charge in [-0.15, -0.1) is 0 Å². The van der Waals surface area contributed by atoms with E-state index in [0.717, 1.165) is 37.4 Å². The van der Waals surface area contributed by atoms with Crippen LogP contribution in [0.4, 0.5) is 5.82 Å². The van der Waals surface area contributed by atoms with Crippen LogP contribution in [0.1, 0.15) is 25.0 Å². The summed E-state index contributed by atoms with van der Waals surface area (Å²) in [6.45, 7) is 2.15. The minimum atomic E-state index is -0.212. The van der Waals surface area contributed by atoms with Crippen LogP contribution in [-0.4, -0.2) is 29.0 Å². The number of primary amides is 1. The molecule has 0 spiro atoms. The Labute approximate surface area is 106 Å². The first-order chi connectivity index (χ1) is 8.70. The number of hydrogen-bond donors (Lipinski definition) is 2. The van der Waals surface area contributed by atoms with E-state index in [9.17, 15) is 4.79 Å². The number of amides is 1. The van der Waals surface area contributed by atoms with Gasteiger partial charge in [-0.1, -0.05) is 0 Å². The Hall–Kier alpha value is -1.69. The molecule has 1 aliphatic heterocycles. The van der Waals surface area contributed by atoms with Crippen molar-refractivity contribution in [3.8, 4) is 0 Å². The Kier molecular flexibility index (Phi) is 4.09. The molecule has 0 aromatic carbocycles. The molecule has 2 rings (SSSR count). The minimum Gasteiger partial charge on any atom is -0.370 e. The molecule has 98 valence electrons. The molecule has 1 aliphatic rings. The summed E-state index contributed by atoms with van der Waals surface area (Å²) in [7, 11) is 0. The predicted octanol–water partition coefficient (Wildman–Crippen LogP) is 0.0271. The van der Waals surface area contributed by atoms with Gasteiger partial charge in [-0.3, -0.25) is 9.78 Å². The zero-order valence-corrected chi connectivity index (χ0v) is 10.4. The van der Waals surface area contributed by atoms with Gasteiger partial charge in [0.25, 0.3) is 0 Å². The molecule has 0 atom stereocenters. The summed E-state index contributed by atoms with van der Waals surface area (Å²) in [5, 5.41) is 0. The van der Waals surface area contributed by atoms with Crippen LogP contribution in [0.5, 0.6) is 0 Å². The van der Waals surface area contributed by atoms with E-state index >= 15 is 0 Å². The molecule has 0 saturated carbocycles. The second kappa shape index (κ2) is 5.77. The van der Waals surface area contributed by atoms with Crippen molar-refractivity contribution in [1.29, 1.82) is 0 Å². The van der Waals surface area contributed by atoms with Crippen LogP contribution in [0.3, 0.4) is 0 Å². The van der Waals surface area contributed by atoms with E-state index < -0.39 is 0 Å². The standard InChI is InChI=1S/C12H19N5O/c13-8-10-12(16-4-3-15-10)17-5-1-9(2-6-17)7-11(14)18/h3-4,9H,1-2,5-8,13H2,(H2,14,18). The number of anilines is 1. The second-order valence-corrected chi connectivity index (χ2v) is 4.63. The molecular formula is C12H19N5O. The van der Waals surface area contributed by atoms with Crippen molar-refractivity contribution in [2.75, 3.05) is 18.0 Å². The number of rotatable bonds is 4. The van der Waals surface area contributed by atoms with Gasteiger partial charge >= 0.3 is 0 Å². The Morgan fingerprint density at radius 3 is 2.61 bits per heavy atom. The highest BCUT2D eigenvalue weighted by Gasteiger charge is 2.22. The first-order valence-corrected chi connectivity index (χ1v) is 6.24. The van der Waals surface area contributed by atoms with Crippen LogP contribution in [0, 0.1) is 5.92 Å². The van der Waals surface area contributed by atoms with Crippen molar-refractivity contribution in [3.05, 3.63) is 18.1 Å². The molecular weight excluding hydrogens is 230 g/mol. The maximum absolute atomic E-state index is 10.9. The van der Waals surface area contributed by atoms with E-state index in [0.29, 0.717) is 18.9 Å². The van der Waals surface area contributed by atoms with Crippen molar-refractivity contribution in [2.24, 2.45) is 17.4 Å². The Morgan fingerprint density at radius 2 is 2.00 bits per heavy atom. The van der Waals surface area contributed by atoms with Gasteiger partial charge in [-0.25, -0.2) is 4.98 Å². The Balaban J connectivity index is 1.99. The number of hydrogen-bond acceptors (Lipinski definition) is 5. The lowest BCUT2D eigenvalue weighted by Gasteiger charge is -2.33. The van der Waals surface area contributed by atoms with Gasteiger partial charge in [0.15, 0.2) is 5.82 Å². The largest absolute Gasteiger partial charge is 0.370 e. The fourth-order valence-corrected chi connectivity index (χ4v) is 2.40. The smallest absolute Gasteiger partial charge is 0.217 e. The molecule has 0 unspecified atom stereocenters. The van der Waals surface area contributed by atoms with E-state index in [1.54, 1.807) is 12.4 Å². The molecule has 1 amide bonds. The average Bonchev–Trinajstić information content (AvgIpc) is 2.39. The highest BCUT2D eigenvalue weighted by atomic mass is 16.1. The number of carbonyl (C=O) groups is 1. The van der Waals surface area contributed by atoms with Crippen molar-refractivity contribution < 1.29 is 4.79 Å². The van der Waals surface area contributed by atoms with Gasteiger partial charge in [-0.05, 0) is 18.8 Å². The fourth-order valence-electron chi connectivity index (χ4n) is 2.40. The quantitative estimate of drug-likeness (QED) is 0.784. The van der Waals surface area contributed by atoms with E-state index in [1.807, 2.05) is 0 Å². The molecule has 4 N–H and O–H groups in total. The van der Waals surface area contributed by atoms with Gasteiger partial charge in [0, 0.05) is 38.4 Å². The number of nitrogens with two attached hydrogens (primary N) is 2. The number of piperidine rings is 1. The molecule has 1 aromatic rings. The van der Waals surface area contributed by atoms with Crippen LogP contribution in [-0.2, 0) is 11.3 Å². The first kappa shape index (κ1) is 12.8. The summed E-state index contributed by atoms with van der Waals surface area (Å²) < 4.78 is 0. The molecule has 0 radical (unpaired) electrons. The van der Waals surface area contributed by atoms with Crippen LogP contribution >= 0.6 is 0 Å². The maximum atomic E-state index is 10.9. The van der Waals surface area contributed by atoms with Gasteiger partial charge in [-0.2, -0.15) is 0 Å². The maximum Gasteiger partial charge on any atom is 0.217 e. The van der Waals surface area contributed by atoms with Crippen LogP contribution in [0.2, 0.25) is 0 Å². The zero-order valence-electron chi connectivity index (χ0n) is 10.4. The van der Waals surface area contributed by atoms with Gasteiger partial charge in [0.1, 0.15) is 0 Å². The Bertz CT molecular complexity index is 415. The normalized spacial score (nSPS) is 16.8. The van der Waals surface area contributed by atoms with Crippen molar-refractivity contribution >= 4 is 11.7 Å². The van der Waals surface area contributed by atoms with Gasteiger partial charge in [0.2, 0.25) is 5.91 Å². The molecule has 1 fully saturated rings. The lowest BCUT2D eigenvalue weighted by molar-refractivity contribution is -0.119. The summed E-state index contributed by atoms with van der Waals surface area (Å²) in [6, 6.07) is 0. The number of carbonyl (C=O) groups excluding carboxylic acids is 1. The summed E-state index contributed by atoms with van der Waals surface area (Å²) in [5.41, 5.74) is 11.7. The summed E-state index contributed by atoms with van der Waals surface area (Å²) in [4.78, 5) is 21.7. The van der Waals surface area contributed by atoms with Crippen molar-refractivity contribution in [2.45, 2.75) is 25.8 Å². The number of aromatic nitrogens is 2. The fraction of sp³-hybridized carbons (Fsp3) is 0.583. The molecule has 18 heavy (non-hydrogen) atoms. The second-order valence-electron chi connectivity index (χ2n) is 4.63. The molecule has 6 heteroatoms. The zero-order chi connectivity index (χ0) is 13.0. The average molecular weight is 249 g/mol. The lowest BCUT2D eigenvalue weighted by Crippen LogP contribution is -2.36. The molecule has 2 heterocycles. The lowest BCUT2D eigenvalue weighted by atomic mass is 9.93. The third kappa shape index (κ3) is 2.95. The SMILES string of the molecule is NCc1nccnc1N1CCC(CC(N)=O)CC1. The van der Waals surface area contributed by atoms with E-state index in [4.69, 9.17) is 11.5 Å². The molecule has 6 nitrogen and oxygen atoms in total. The monoisotopic (exact) mass is 249 g/mol. The van der Waals surface area contributed by atoms with E-state index in [-0.39, 0.29) is 5.91 Å². The topological polar surface area (TPSA) is 98.1 Å². The predicted molar refractivity (Wildman–Crippen MR) is 68.7 cm³/mol. The van der Waals surface area contributed by atoms with Crippen LogP contribution in [0.15, 0.2) is 12.4 Å².